The van der Waals surface area contributed by atoms with Crippen molar-refractivity contribution in [2.24, 2.45) is 0 Å². The minimum Gasteiger partial charge on any atom is -0.382 e. The van der Waals surface area contributed by atoms with Gasteiger partial charge in [-0.3, -0.25) is 14.3 Å². The van der Waals surface area contributed by atoms with Crippen LogP contribution in [0.5, 0.6) is 0 Å². The van der Waals surface area contributed by atoms with Crippen molar-refractivity contribution in [1.82, 2.24) is 24.5 Å². The number of benzene rings is 1. The number of nitriles is 1. The van der Waals surface area contributed by atoms with E-state index in [0.29, 0.717) is 33.3 Å². The van der Waals surface area contributed by atoms with Gasteiger partial charge in [0.1, 0.15) is 29.1 Å². The van der Waals surface area contributed by atoms with E-state index < -0.39 is 6.04 Å². The van der Waals surface area contributed by atoms with Crippen LogP contribution in [-0.2, 0) is 0 Å². The molecule has 0 fully saturated rings. The van der Waals surface area contributed by atoms with Crippen LogP contribution in [0.15, 0.2) is 41.5 Å². The third-order valence-electron chi connectivity index (χ3n) is 4.89. The van der Waals surface area contributed by atoms with Crippen LogP contribution in [0.3, 0.4) is 0 Å². The summed E-state index contributed by atoms with van der Waals surface area (Å²) in [5.41, 5.74) is 7.58. The monoisotopic (exact) mass is 446 g/mol. The number of nitrogens with zero attached hydrogens (tertiary/aromatic N) is 6. The number of nitrogens with two attached hydrogens (primary N) is 1. The van der Waals surface area contributed by atoms with E-state index in [1.807, 2.05) is 26.0 Å². The molecule has 0 radical (unpaired) electrons. The van der Waals surface area contributed by atoms with Gasteiger partial charge in [0, 0.05) is 6.20 Å². The Labute approximate surface area is 188 Å². The van der Waals surface area contributed by atoms with Crippen molar-refractivity contribution < 1.29 is 0 Å². The highest BCUT2D eigenvalue weighted by Gasteiger charge is 2.22. The van der Waals surface area contributed by atoms with Gasteiger partial charge in [0.2, 0.25) is 0 Å². The normalized spacial score (nSPS) is 11.8. The first kappa shape index (κ1) is 21.2. The lowest BCUT2D eigenvalue weighted by atomic mass is 10.2. The van der Waals surface area contributed by atoms with Crippen LogP contribution in [0, 0.1) is 25.2 Å². The molecule has 0 aliphatic carbocycles. The molecule has 0 bridgehead atoms. The Bertz CT molecular complexity index is 1460. The lowest BCUT2D eigenvalue weighted by Gasteiger charge is -2.21. The van der Waals surface area contributed by atoms with E-state index in [0.717, 1.165) is 5.56 Å². The lowest BCUT2D eigenvalue weighted by molar-refractivity contribution is 0.728. The van der Waals surface area contributed by atoms with E-state index in [-0.39, 0.29) is 22.8 Å². The molecule has 0 saturated carbocycles. The second-order valence-corrected chi connectivity index (χ2v) is 7.73. The summed E-state index contributed by atoms with van der Waals surface area (Å²) in [5, 5.41) is 13.3. The molecule has 3 heterocycles. The van der Waals surface area contributed by atoms with Gasteiger partial charge < -0.3 is 11.1 Å². The number of aryl methyl sites for hydroxylation is 2. The Kier molecular flexibility index (Phi) is 5.47. The molecule has 3 aromatic heterocycles. The molecular weight excluding hydrogens is 428 g/mol. The van der Waals surface area contributed by atoms with E-state index in [4.69, 9.17) is 22.3 Å². The quantitative estimate of drug-likeness (QED) is 0.486. The van der Waals surface area contributed by atoms with Gasteiger partial charge in [-0.2, -0.15) is 5.26 Å². The number of anilines is 2. The maximum Gasteiger partial charge on any atom is 0.267 e. The molecule has 9 nitrogen and oxygen atoms in total. The summed E-state index contributed by atoms with van der Waals surface area (Å²) in [5.74, 6) is 1.15. The fraction of sp³-hybridized carbons (Fsp3) is 0.182. The van der Waals surface area contributed by atoms with Crippen molar-refractivity contribution in [3.8, 4) is 11.8 Å². The van der Waals surface area contributed by atoms with E-state index in [1.54, 1.807) is 37.5 Å². The van der Waals surface area contributed by atoms with Crippen molar-refractivity contribution in [3.63, 3.8) is 0 Å². The second kappa shape index (κ2) is 8.24. The lowest BCUT2D eigenvalue weighted by Crippen LogP contribution is -2.28. The maximum atomic E-state index is 13.6. The molecule has 0 unspecified atom stereocenters. The van der Waals surface area contributed by atoms with Gasteiger partial charge in [0.05, 0.1) is 33.9 Å². The van der Waals surface area contributed by atoms with Gasteiger partial charge >= 0.3 is 0 Å². The first-order chi connectivity index (χ1) is 15.3. The molecule has 0 saturated heterocycles. The largest absolute Gasteiger partial charge is 0.382 e. The molecule has 1 aromatic carbocycles. The van der Waals surface area contributed by atoms with E-state index in [9.17, 15) is 10.1 Å². The highest BCUT2D eigenvalue weighted by molar-refractivity contribution is 6.35. The standard InChI is InChI=1S/C22H19ClN8O/c1-11-7-14(10-26-9-11)31-21(30-17-6-4-5-16(23)18(17)22(31)32)12(2)27-20-15(8-24)19(25)28-13(3)29-20/h4-7,9-10,12H,1-3H3,(H3,25,27,28,29)/t12-/m0/s1. The van der Waals surface area contributed by atoms with Crippen molar-refractivity contribution in [2.75, 3.05) is 11.1 Å². The number of rotatable bonds is 4. The minimum absolute atomic E-state index is 0.0771. The summed E-state index contributed by atoms with van der Waals surface area (Å²) in [6.45, 7) is 5.38. The molecule has 1 atom stereocenters. The average molecular weight is 447 g/mol. The number of nitrogen functional groups attached to an aromatic ring is 1. The Morgan fingerprint density at radius 3 is 2.72 bits per heavy atom. The van der Waals surface area contributed by atoms with E-state index in [1.165, 1.54) is 4.57 Å². The first-order valence-electron chi connectivity index (χ1n) is 9.74. The number of fused-ring (bicyclic) bond motifs is 1. The molecule has 4 aromatic rings. The topological polar surface area (TPSA) is 135 Å². The predicted octanol–water partition coefficient (Wildman–Crippen LogP) is 3.47. The molecule has 0 aliphatic rings. The summed E-state index contributed by atoms with van der Waals surface area (Å²) < 4.78 is 1.47. The number of pyridine rings is 1. The molecule has 0 spiro atoms. The van der Waals surface area contributed by atoms with Crippen molar-refractivity contribution in [3.05, 3.63) is 74.8 Å². The fourth-order valence-electron chi connectivity index (χ4n) is 3.49. The zero-order valence-electron chi connectivity index (χ0n) is 17.6. The third kappa shape index (κ3) is 3.72. The zero-order valence-corrected chi connectivity index (χ0v) is 18.3. The molecule has 10 heteroatoms. The van der Waals surface area contributed by atoms with E-state index >= 15 is 0 Å². The van der Waals surface area contributed by atoms with Gasteiger partial charge in [-0.15, -0.1) is 0 Å². The highest BCUT2D eigenvalue weighted by Crippen LogP contribution is 2.26. The van der Waals surface area contributed by atoms with Crippen LogP contribution < -0.4 is 16.6 Å². The summed E-state index contributed by atoms with van der Waals surface area (Å²) in [6, 6.07) is 8.44. The van der Waals surface area contributed by atoms with Gasteiger partial charge in [0.25, 0.3) is 5.56 Å². The van der Waals surface area contributed by atoms with Crippen molar-refractivity contribution in [2.45, 2.75) is 26.8 Å². The minimum atomic E-state index is -0.535. The molecule has 4 rings (SSSR count). The summed E-state index contributed by atoms with van der Waals surface area (Å²) in [6.07, 6.45) is 3.28. The number of aromatic nitrogens is 5. The summed E-state index contributed by atoms with van der Waals surface area (Å²) >= 11 is 6.34. The van der Waals surface area contributed by atoms with Crippen molar-refractivity contribution in [1.29, 1.82) is 5.26 Å². The van der Waals surface area contributed by atoms with Crippen molar-refractivity contribution >= 4 is 34.1 Å². The number of halogens is 1. The van der Waals surface area contributed by atoms with Crippen LogP contribution in [-0.4, -0.2) is 24.5 Å². The Morgan fingerprint density at radius 1 is 1.22 bits per heavy atom. The van der Waals surface area contributed by atoms with Crippen LogP contribution in [0.25, 0.3) is 16.6 Å². The van der Waals surface area contributed by atoms with Gasteiger partial charge in [-0.25, -0.2) is 15.0 Å². The van der Waals surface area contributed by atoms with Gasteiger partial charge in [0.15, 0.2) is 5.82 Å². The molecule has 32 heavy (non-hydrogen) atoms. The number of hydrogen-bond acceptors (Lipinski definition) is 8. The Balaban J connectivity index is 1.95. The number of hydrogen-bond donors (Lipinski definition) is 2. The summed E-state index contributed by atoms with van der Waals surface area (Å²) in [4.78, 5) is 30.9. The maximum absolute atomic E-state index is 13.6. The van der Waals surface area contributed by atoms with Gasteiger partial charge in [-0.1, -0.05) is 17.7 Å². The zero-order chi connectivity index (χ0) is 23.0. The SMILES string of the molecule is Cc1cncc(-n2c([C@H](C)Nc3nc(C)nc(N)c3C#N)nc3cccc(Cl)c3c2=O)c1. The molecule has 0 amide bonds. The fourth-order valence-corrected chi connectivity index (χ4v) is 3.74. The molecule has 0 aliphatic heterocycles. The molecule has 3 N–H and O–H groups in total. The second-order valence-electron chi connectivity index (χ2n) is 7.32. The van der Waals surface area contributed by atoms with Crippen LogP contribution in [0.1, 0.15) is 35.7 Å². The highest BCUT2D eigenvalue weighted by atomic mass is 35.5. The Morgan fingerprint density at radius 2 is 2.00 bits per heavy atom. The predicted molar refractivity (Wildman–Crippen MR) is 123 cm³/mol. The van der Waals surface area contributed by atoms with Crippen LogP contribution in [0.4, 0.5) is 11.6 Å². The van der Waals surface area contributed by atoms with Crippen LogP contribution in [0.2, 0.25) is 5.02 Å². The molecule has 160 valence electrons. The Hall–Kier alpha value is -4.03. The number of nitrogens with one attached hydrogen (secondary N) is 1. The summed E-state index contributed by atoms with van der Waals surface area (Å²) in [7, 11) is 0. The average Bonchev–Trinajstić information content (AvgIpc) is 2.73. The molecular formula is C22H19ClN8O. The first-order valence-corrected chi connectivity index (χ1v) is 10.1. The van der Waals surface area contributed by atoms with Crippen LogP contribution >= 0.6 is 11.6 Å². The third-order valence-corrected chi connectivity index (χ3v) is 5.21. The van der Waals surface area contributed by atoms with E-state index in [2.05, 4.69) is 20.3 Å². The van der Waals surface area contributed by atoms with Gasteiger partial charge in [-0.05, 0) is 44.5 Å². The smallest absolute Gasteiger partial charge is 0.267 e.